The van der Waals surface area contributed by atoms with Gasteiger partial charge in [-0.2, -0.15) is 0 Å². The van der Waals surface area contributed by atoms with E-state index in [0.717, 1.165) is 49.6 Å². The quantitative estimate of drug-likeness (QED) is 0.614. The average Bonchev–Trinajstić information content (AvgIpc) is 2.79. The Kier molecular flexibility index (Phi) is 6.41. The molecular formula is C29H39N3O2. The van der Waals surface area contributed by atoms with Crippen LogP contribution in [0.2, 0.25) is 0 Å². The molecule has 1 N–H and O–H groups in total. The van der Waals surface area contributed by atoms with Gasteiger partial charge in [-0.25, -0.2) is 0 Å². The van der Waals surface area contributed by atoms with Crippen molar-refractivity contribution in [3.8, 4) is 11.1 Å². The van der Waals surface area contributed by atoms with Crippen LogP contribution in [0.4, 0.5) is 5.69 Å². The van der Waals surface area contributed by atoms with Crippen LogP contribution in [0, 0.1) is 19.3 Å². The third-order valence-electron chi connectivity index (χ3n) is 8.28. The van der Waals surface area contributed by atoms with Gasteiger partial charge in [0.2, 0.25) is 0 Å². The average molecular weight is 462 g/mol. The van der Waals surface area contributed by atoms with E-state index in [0.29, 0.717) is 5.41 Å². The van der Waals surface area contributed by atoms with Gasteiger partial charge >= 0.3 is 5.97 Å². The smallest absolute Gasteiger partial charge is 0.310 e. The maximum Gasteiger partial charge on any atom is 0.310 e. The fourth-order valence-corrected chi connectivity index (χ4v) is 6.24. The fourth-order valence-electron chi connectivity index (χ4n) is 6.24. The van der Waals surface area contributed by atoms with Crippen molar-refractivity contribution in [3.63, 3.8) is 0 Å². The summed E-state index contributed by atoms with van der Waals surface area (Å²) in [6.45, 7) is 12.1. The van der Waals surface area contributed by atoms with Gasteiger partial charge in [0.1, 0.15) is 0 Å². The maximum absolute atomic E-state index is 12.8. The lowest BCUT2D eigenvalue weighted by atomic mass is 9.63. The van der Waals surface area contributed by atoms with Crippen molar-refractivity contribution in [1.82, 2.24) is 10.3 Å². The molecule has 5 nitrogen and oxygen atoms in total. The van der Waals surface area contributed by atoms with E-state index in [1.54, 1.807) is 0 Å². The fraction of sp³-hybridized carbons (Fsp3) is 0.586. The molecule has 5 heteroatoms. The lowest BCUT2D eigenvalue weighted by Crippen LogP contribution is -2.44. The number of benzene rings is 1. The standard InChI is InChI=1S/C29H39N3O2/c1-19(2)34-26(33)17-25-20(3)31-21(4)27(23-6-7-24-18-30-13-8-22(24)16-23)28(25)32-14-11-29(12-15-32)9-5-10-29/h6-7,16,19,30H,5,8-15,17-18H2,1-4H3. The van der Waals surface area contributed by atoms with Crippen LogP contribution in [0.3, 0.4) is 0 Å². The van der Waals surface area contributed by atoms with Crippen molar-refractivity contribution >= 4 is 11.7 Å². The molecule has 0 radical (unpaired) electrons. The number of nitrogens with zero attached hydrogens (tertiary/aromatic N) is 2. The Morgan fingerprint density at radius 1 is 1.12 bits per heavy atom. The Morgan fingerprint density at radius 2 is 1.88 bits per heavy atom. The van der Waals surface area contributed by atoms with Crippen LogP contribution >= 0.6 is 0 Å². The van der Waals surface area contributed by atoms with Gasteiger partial charge in [0.25, 0.3) is 0 Å². The molecular weight excluding hydrogens is 422 g/mol. The zero-order valence-corrected chi connectivity index (χ0v) is 21.3. The number of rotatable bonds is 5. The van der Waals surface area contributed by atoms with E-state index in [1.165, 1.54) is 60.0 Å². The van der Waals surface area contributed by atoms with E-state index in [4.69, 9.17) is 9.72 Å². The third kappa shape index (κ3) is 4.47. The summed E-state index contributed by atoms with van der Waals surface area (Å²) in [5.41, 5.74) is 10.1. The molecule has 0 bridgehead atoms. The van der Waals surface area contributed by atoms with E-state index in [1.807, 2.05) is 20.8 Å². The zero-order chi connectivity index (χ0) is 23.9. The van der Waals surface area contributed by atoms with E-state index in [2.05, 4.69) is 35.3 Å². The molecule has 3 aliphatic rings. The van der Waals surface area contributed by atoms with Crippen LogP contribution in [-0.4, -0.2) is 36.7 Å². The molecule has 1 spiro atoms. The highest BCUT2D eigenvalue weighted by Gasteiger charge is 2.40. The van der Waals surface area contributed by atoms with E-state index in [-0.39, 0.29) is 18.5 Å². The topological polar surface area (TPSA) is 54.5 Å². The summed E-state index contributed by atoms with van der Waals surface area (Å²) in [5.74, 6) is -0.167. The van der Waals surface area contributed by atoms with Crippen LogP contribution in [0.15, 0.2) is 18.2 Å². The number of nitrogens with one attached hydrogen (secondary N) is 1. The summed E-state index contributed by atoms with van der Waals surface area (Å²) in [6.07, 6.45) is 7.86. The highest BCUT2D eigenvalue weighted by Crippen LogP contribution is 2.50. The van der Waals surface area contributed by atoms with Crippen LogP contribution < -0.4 is 10.2 Å². The molecule has 1 aliphatic carbocycles. The normalized spacial score (nSPS) is 19.1. The predicted molar refractivity (Wildman–Crippen MR) is 137 cm³/mol. The number of ether oxygens (including phenoxy) is 1. The van der Waals surface area contributed by atoms with Gasteiger partial charge in [0.05, 0.1) is 18.2 Å². The van der Waals surface area contributed by atoms with Gasteiger partial charge in [-0.05, 0) is 88.4 Å². The molecule has 2 aliphatic heterocycles. The summed E-state index contributed by atoms with van der Waals surface area (Å²) >= 11 is 0. The monoisotopic (exact) mass is 461 g/mol. The lowest BCUT2D eigenvalue weighted by molar-refractivity contribution is -0.146. The molecule has 2 fully saturated rings. The minimum Gasteiger partial charge on any atom is -0.463 e. The summed E-state index contributed by atoms with van der Waals surface area (Å²) < 4.78 is 5.57. The number of fused-ring (bicyclic) bond motifs is 1. The minimum absolute atomic E-state index is 0.114. The van der Waals surface area contributed by atoms with Crippen molar-refractivity contribution in [2.45, 2.75) is 85.3 Å². The molecule has 182 valence electrons. The van der Waals surface area contributed by atoms with Crippen LogP contribution in [0.1, 0.15) is 74.0 Å². The third-order valence-corrected chi connectivity index (χ3v) is 8.28. The van der Waals surface area contributed by atoms with Crippen LogP contribution in [0.25, 0.3) is 11.1 Å². The number of carbonyl (C=O) groups is 1. The second-order valence-electron chi connectivity index (χ2n) is 11.0. The van der Waals surface area contributed by atoms with Gasteiger partial charge in [-0.1, -0.05) is 24.6 Å². The van der Waals surface area contributed by atoms with Crippen molar-refractivity contribution in [1.29, 1.82) is 0 Å². The molecule has 0 unspecified atom stereocenters. The number of anilines is 1. The molecule has 5 rings (SSSR count). The zero-order valence-electron chi connectivity index (χ0n) is 21.3. The molecule has 0 atom stereocenters. The van der Waals surface area contributed by atoms with Crippen molar-refractivity contribution < 1.29 is 9.53 Å². The van der Waals surface area contributed by atoms with Gasteiger partial charge in [0.15, 0.2) is 0 Å². The summed E-state index contributed by atoms with van der Waals surface area (Å²) in [4.78, 5) is 20.3. The molecule has 3 heterocycles. The first-order chi connectivity index (χ1) is 16.3. The Bertz CT molecular complexity index is 1080. The van der Waals surface area contributed by atoms with Crippen LogP contribution in [-0.2, 0) is 28.9 Å². The van der Waals surface area contributed by atoms with Gasteiger partial charge in [-0.3, -0.25) is 9.78 Å². The van der Waals surface area contributed by atoms with E-state index in [9.17, 15) is 4.79 Å². The summed E-state index contributed by atoms with van der Waals surface area (Å²) in [7, 11) is 0. The van der Waals surface area contributed by atoms with E-state index >= 15 is 0 Å². The molecule has 1 aromatic heterocycles. The predicted octanol–water partition coefficient (Wildman–Crippen LogP) is 5.28. The largest absolute Gasteiger partial charge is 0.463 e. The number of aryl methyl sites for hydroxylation is 2. The van der Waals surface area contributed by atoms with Crippen molar-refractivity contribution in [2.24, 2.45) is 5.41 Å². The number of hydrogen-bond acceptors (Lipinski definition) is 5. The van der Waals surface area contributed by atoms with E-state index < -0.39 is 0 Å². The van der Waals surface area contributed by atoms with Gasteiger partial charge < -0.3 is 15.0 Å². The first kappa shape index (κ1) is 23.3. The minimum atomic E-state index is -0.167. The maximum atomic E-state index is 12.8. The molecule has 1 saturated heterocycles. The lowest BCUT2D eigenvalue weighted by Gasteiger charge is -2.49. The molecule has 1 saturated carbocycles. The van der Waals surface area contributed by atoms with Crippen LogP contribution in [0.5, 0.6) is 0 Å². The number of piperidine rings is 1. The number of carbonyl (C=O) groups excluding carboxylic acids is 1. The molecule has 0 amide bonds. The van der Waals surface area contributed by atoms with Crippen molar-refractivity contribution in [2.75, 3.05) is 24.5 Å². The Balaban J connectivity index is 1.59. The first-order valence-corrected chi connectivity index (χ1v) is 13.1. The second-order valence-corrected chi connectivity index (χ2v) is 11.0. The first-order valence-electron chi connectivity index (χ1n) is 13.1. The number of esters is 1. The molecule has 1 aromatic carbocycles. The van der Waals surface area contributed by atoms with Crippen molar-refractivity contribution in [3.05, 3.63) is 46.3 Å². The van der Waals surface area contributed by atoms with Gasteiger partial charge in [-0.15, -0.1) is 0 Å². The summed E-state index contributed by atoms with van der Waals surface area (Å²) in [6, 6.07) is 6.89. The molecule has 34 heavy (non-hydrogen) atoms. The number of hydrogen-bond donors (Lipinski definition) is 1. The number of pyridine rings is 1. The SMILES string of the molecule is Cc1nc(C)c(-c2ccc3c(c2)CCNC3)c(N2CCC3(CCC3)CC2)c1CC(=O)OC(C)C. The highest BCUT2D eigenvalue weighted by atomic mass is 16.5. The Morgan fingerprint density at radius 3 is 2.56 bits per heavy atom. The second kappa shape index (κ2) is 9.33. The number of aromatic nitrogens is 1. The summed E-state index contributed by atoms with van der Waals surface area (Å²) in [5, 5.41) is 3.48. The van der Waals surface area contributed by atoms with Gasteiger partial charge in [0, 0.05) is 42.1 Å². The highest BCUT2D eigenvalue weighted by molar-refractivity contribution is 5.87. The Hall–Kier alpha value is -2.40. The molecule has 2 aromatic rings. The Labute approximate surface area is 204 Å².